The molecular formula is C13H20N4O. The van der Waals surface area contributed by atoms with E-state index in [0.29, 0.717) is 17.1 Å². The molecule has 1 aromatic heterocycles. The molecule has 98 valence electrons. The molecule has 0 radical (unpaired) electrons. The van der Waals surface area contributed by atoms with Gasteiger partial charge in [-0.3, -0.25) is 5.10 Å². The molecule has 5 nitrogen and oxygen atoms in total. The summed E-state index contributed by atoms with van der Waals surface area (Å²) in [4.78, 5) is 4.40. The monoisotopic (exact) mass is 248 g/mol. The van der Waals surface area contributed by atoms with Gasteiger partial charge in [0.15, 0.2) is 5.82 Å². The first kappa shape index (κ1) is 13.0. The van der Waals surface area contributed by atoms with Crippen molar-refractivity contribution in [1.82, 2.24) is 15.2 Å². The van der Waals surface area contributed by atoms with Crippen LogP contribution in [0.25, 0.3) is 0 Å². The van der Waals surface area contributed by atoms with E-state index in [0.717, 1.165) is 25.7 Å². The van der Waals surface area contributed by atoms with Crippen LogP contribution in [0.3, 0.4) is 0 Å². The summed E-state index contributed by atoms with van der Waals surface area (Å²) in [5, 5.41) is 15.7. The summed E-state index contributed by atoms with van der Waals surface area (Å²) in [5.74, 6) is 1.32. The Hall–Kier alpha value is -1.41. The Morgan fingerprint density at radius 1 is 1.33 bits per heavy atom. The molecule has 0 atom stereocenters. The number of methoxy groups -OCH3 is 1. The van der Waals surface area contributed by atoms with E-state index in [2.05, 4.69) is 35.1 Å². The van der Waals surface area contributed by atoms with Crippen molar-refractivity contribution in [3.8, 4) is 6.07 Å². The number of nitrogens with one attached hydrogen (secondary N) is 1. The van der Waals surface area contributed by atoms with Crippen LogP contribution in [0.1, 0.15) is 51.2 Å². The van der Waals surface area contributed by atoms with Gasteiger partial charge in [0.25, 0.3) is 0 Å². The Bertz CT molecular complexity index is 448. The van der Waals surface area contributed by atoms with Gasteiger partial charge in [-0.1, -0.05) is 13.8 Å². The van der Waals surface area contributed by atoms with E-state index in [-0.39, 0.29) is 12.0 Å². The van der Waals surface area contributed by atoms with Crippen molar-refractivity contribution in [1.29, 1.82) is 5.26 Å². The smallest absolute Gasteiger partial charge is 0.182 e. The number of nitriles is 1. The third kappa shape index (κ3) is 2.39. The third-order valence-electron chi connectivity index (χ3n) is 3.99. The average molecular weight is 248 g/mol. The molecule has 18 heavy (non-hydrogen) atoms. The molecule has 0 unspecified atom stereocenters. The zero-order chi connectivity index (χ0) is 13.2. The first-order chi connectivity index (χ1) is 8.51. The van der Waals surface area contributed by atoms with E-state index in [1.165, 1.54) is 0 Å². The normalized spacial score (nSPS) is 21.4. The minimum absolute atomic E-state index is 0.262. The molecule has 1 aliphatic carbocycles. The second-order valence-electron chi connectivity index (χ2n) is 5.80. The van der Waals surface area contributed by atoms with Gasteiger partial charge in [0.1, 0.15) is 11.4 Å². The maximum absolute atomic E-state index is 8.66. The van der Waals surface area contributed by atoms with E-state index in [1.54, 1.807) is 7.11 Å². The third-order valence-corrected chi connectivity index (χ3v) is 3.99. The molecule has 1 fully saturated rings. The SMILES string of the molecule is COC1(c2n[nH]c(CC#N)n2)CCC(C)(C)CC1. The fourth-order valence-electron chi connectivity index (χ4n) is 2.50. The van der Waals surface area contributed by atoms with Crippen molar-refractivity contribution in [2.24, 2.45) is 5.41 Å². The van der Waals surface area contributed by atoms with Gasteiger partial charge in [0, 0.05) is 7.11 Å². The van der Waals surface area contributed by atoms with E-state index < -0.39 is 0 Å². The van der Waals surface area contributed by atoms with E-state index in [1.807, 2.05) is 0 Å². The molecular weight excluding hydrogens is 228 g/mol. The van der Waals surface area contributed by atoms with Crippen LogP contribution < -0.4 is 0 Å². The number of nitrogens with zero attached hydrogens (tertiary/aromatic N) is 3. The first-order valence-electron chi connectivity index (χ1n) is 6.35. The lowest BCUT2D eigenvalue weighted by Gasteiger charge is -2.40. The highest BCUT2D eigenvalue weighted by atomic mass is 16.5. The summed E-state index contributed by atoms with van der Waals surface area (Å²) in [5.41, 5.74) is -0.00640. The Kier molecular flexibility index (Phi) is 3.40. The Morgan fingerprint density at radius 2 is 2.00 bits per heavy atom. The molecule has 0 amide bonds. The van der Waals surface area contributed by atoms with Gasteiger partial charge in [0.05, 0.1) is 12.5 Å². The number of H-pyrrole nitrogens is 1. The molecule has 1 aromatic rings. The maximum atomic E-state index is 8.66. The van der Waals surface area contributed by atoms with Crippen LogP contribution in [0, 0.1) is 16.7 Å². The maximum Gasteiger partial charge on any atom is 0.182 e. The molecule has 2 rings (SSSR count). The summed E-state index contributed by atoms with van der Waals surface area (Å²) in [6.07, 6.45) is 4.32. The number of rotatable bonds is 3. The lowest BCUT2D eigenvalue weighted by Crippen LogP contribution is -2.37. The Labute approximate surface area is 108 Å². The molecule has 1 N–H and O–H groups in total. The van der Waals surface area contributed by atoms with Crippen molar-refractivity contribution in [3.63, 3.8) is 0 Å². The van der Waals surface area contributed by atoms with Gasteiger partial charge < -0.3 is 4.74 Å². The van der Waals surface area contributed by atoms with Gasteiger partial charge in [-0.25, -0.2) is 4.98 Å². The molecule has 1 heterocycles. The zero-order valence-corrected chi connectivity index (χ0v) is 11.3. The Morgan fingerprint density at radius 3 is 2.56 bits per heavy atom. The second kappa shape index (κ2) is 4.69. The van der Waals surface area contributed by atoms with Crippen LogP contribution in [0.2, 0.25) is 0 Å². The molecule has 1 saturated carbocycles. The molecule has 0 spiro atoms. The molecule has 0 bridgehead atoms. The lowest BCUT2D eigenvalue weighted by molar-refractivity contribution is -0.0727. The summed E-state index contributed by atoms with van der Waals surface area (Å²) in [6, 6.07) is 2.07. The summed E-state index contributed by atoms with van der Waals surface area (Å²) in [7, 11) is 1.72. The fraction of sp³-hybridized carbons (Fsp3) is 0.769. The number of aromatic nitrogens is 3. The number of hydrogen-bond donors (Lipinski definition) is 1. The lowest BCUT2D eigenvalue weighted by atomic mass is 9.70. The highest BCUT2D eigenvalue weighted by Crippen LogP contribution is 2.45. The number of aromatic amines is 1. The van der Waals surface area contributed by atoms with Crippen LogP contribution >= 0.6 is 0 Å². The predicted molar refractivity (Wildman–Crippen MR) is 66.6 cm³/mol. The number of hydrogen-bond acceptors (Lipinski definition) is 4. The van der Waals surface area contributed by atoms with Gasteiger partial charge >= 0.3 is 0 Å². The highest BCUT2D eigenvalue weighted by Gasteiger charge is 2.42. The molecule has 0 aromatic carbocycles. The molecule has 1 aliphatic rings. The first-order valence-corrected chi connectivity index (χ1v) is 6.35. The highest BCUT2D eigenvalue weighted by molar-refractivity contribution is 5.08. The van der Waals surface area contributed by atoms with Crippen LogP contribution in [0.4, 0.5) is 0 Å². The van der Waals surface area contributed by atoms with Crippen LogP contribution in [0.5, 0.6) is 0 Å². The van der Waals surface area contributed by atoms with E-state index in [4.69, 9.17) is 10.00 Å². The minimum Gasteiger partial charge on any atom is -0.370 e. The molecule has 0 saturated heterocycles. The standard InChI is InChI=1S/C13H20N4O/c1-12(2)5-7-13(18-3,8-6-12)11-15-10(4-9-14)16-17-11/h4-8H2,1-3H3,(H,15,16,17). The van der Waals surface area contributed by atoms with Crippen molar-refractivity contribution < 1.29 is 4.74 Å². The quantitative estimate of drug-likeness (QED) is 0.890. The predicted octanol–water partition coefficient (Wildman–Crippen LogP) is 2.31. The van der Waals surface area contributed by atoms with Crippen LogP contribution in [0.15, 0.2) is 0 Å². The van der Waals surface area contributed by atoms with Crippen molar-refractivity contribution in [2.45, 2.75) is 51.6 Å². The minimum atomic E-state index is -0.375. The average Bonchev–Trinajstić information content (AvgIpc) is 2.80. The largest absolute Gasteiger partial charge is 0.370 e. The Balaban J connectivity index is 2.20. The zero-order valence-electron chi connectivity index (χ0n) is 11.3. The van der Waals surface area contributed by atoms with E-state index in [9.17, 15) is 0 Å². The topological polar surface area (TPSA) is 74.6 Å². The number of ether oxygens (including phenoxy) is 1. The van der Waals surface area contributed by atoms with Gasteiger partial charge in [-0.15, -0.1) is 0 Å². The van der Waals surface area contributed by atoms with Crippen LogP contribution in [-0.4, -0.2) is 22.3 Å². The van der Waals surface area contributed by atoms with Gasteiger partial charge in [0.2, 0.25) is 0 Å². The molecule has 0 aliphatic heterocycles. The summed E-state index contributed by atoms with van der Waals surface area (Å²) < 4.78 is 5.72. The van der Waals surface area contributed by atoms with Crippen LogP contribution in [-0.2, 0) is 16.8 Å². The second-order valence-corrected chi connectivity index (χ2v) is 5.80. The van der Waals surface area contributed by atoms with Gasteiger partial charge in [-0.05, 0) is 31.1 Å². The summed E-state index contributed by atoms with van der Waals surface area (Å²) in [6.45, 7) is 4.57. The summed E-state index contributed by atoms with van der Waals surface area (Å²) >= 11 is 0. The van der Waals surface area contributed by atoms with Gasteiger partial charge in [-0.2, -0.15) is 10.4 Å². The van der Waals surface area contributed by atoms with Crippen molar-refractivity contribution in [3.05, 3.63) is 11.6 Å². The van der Waals surface area contributed by atoms with Crippen molar-refractivity contribution >= 4 is 0 Å². The van der Waals surface area contributed by atoms with E-state index >= 15 is 0 Å². The molecule has 5 heteroatoms. The van der Waals surface area contributed by atoms with Crippen molar-refractivity contribution in [2.75, 3.05) is 7.11 Å². The fourth-order valence-corrected chi connectivity index (χ4v) is 2.50.